The summed E-state index contributed by atoms with van der Waals surface area (Å²) in [6.07, 6.45) is 21.2. The molecule has 278 valence electrons. The van der Waals surface area contributed by atoms with Crippen LogP contribution in [0.2, 0.25) is 0 Å². The van der Waals surface area contributed by atoms with Gasteiger partial charge in [-0.05, 0) is 70.7 Å². The number of pyridine rings is 2. The highest BCUT2D eigenvalue weighted by Crippen LogP contribution is 2.29. The molecule has 2 saturated heterocycles. The molecule has 0 atom stereocenters. The smallest absolute Gasteiger partial charge is 0.160 e. The number of aryl methyl sites for hydroxylation is 7. The summed E-state index contributed by atoms with van der Waals surface area (Å²) >= 11 is 0. The van der Waals surface area contributed by atoms with Crippen molar-refractivity contribution in [2.24, 2.45) is 0 Å². The molecule has 0 unspecified atom stereocenters. The van der Waals surface area contributed by atoms with Crippen molar-refractivity contribution in [2.75, 3.05) is 36.0 Å². The van der Waals surface area contributed by atoms with Gasteiger partial charge in [-0.25, -0.2) is 29.9 Å². The fraction of sp³-hybridized carbons (Fsp3) is 0.366. The first-order chi connectivity index (χ1) is 27.0. The Morgan fingerprint density at radius 1 is 0.491 bits per heavy atom. The van der Waals surface area contributed by atoms with Crippen molar-refractivity contribution in [3.8, 4) is 0 Å². The van der Waals surface area contributed by atoms with Crippen molar-refractivity contribution in [1.82, 2.24) is 58.6 Å². The predicted molar refractivity (Wildman–Crippen MR) is 213 cm³/mol. The first kappa shape index (κ1) is 34.6. The maximum absolute atomic E-state index is 4.95. The van der Waals surface area contributed by atoms with Gasteiger partial charge in [-0.2, -0.15) is 0 Å². The molecule has 8 aromatic heterocycles. The van der Waals surface area contributed by atoms with Crippen LogP contribution in [-0.2, 0) is 25.7 Å². The number of hydrogen-bond donors (Lipinski definition) is 0. The highest BCUT2D eigenvalue weighted by atomic mass is 15.3. The van der Waals surface area contributed by atoms with Gasteiger partial charge in [0, 0.05) is 89.0 Å². The van der Waals surface area contributed by atoms with E-state index in [2.05, 4.69) is 53.5 Å². The Labute approximate surface area is 318 Å². The van der Waals surface area contributed by atoms with Crippen LogP contribution in [0.5, 0.6) is 0 Å². The number of nitrogens with zero attached hydrogens (tertiary/aromatic N) is 14. The predicted octanol–water partition coefficient (Wildman–Crippen LogP) is 5.83. The summed E-state index contributed by atoms with van der Waals surface area (Å²) in [6.45, 7) is 10.4. The Balaban J connectivity index is 0.000000144. The second-order valence-electron chi connectivity index (χ2n) is 14.4. The zero-order valence-electron chi connectivity index (χ0n) is 31.6. The Morgan fingerprint density at radius 2 is 1.04 bits per heavy atom. The van der Waals surface area contributed by atoms with Gasteiger partial charge < -0.3 is 9.80 Å². The molecule has 0 N–H and O–H groups in total. The summed E-state index contributed by atoms with van der Waals surface area (Å²) in [5.74, 6) is 4.08. The van der Waals surface area contributed by atoms with E-state index < -0.39 is 0 Å². The maximum Gasteiger partial charge on any atom is 0.160 e. The molecule has 14 nitrogen and oxygen atoms in total. The third-order valence-corrected chi connectivity index (χ3v) is 10.6. The summed E-state index contributed by atoms with van der Waals surface area (Å²) < 4.78 is 4.38. The fourth-order valence-corrected chi connectivity index (χ4v) is 7.91. The Kier molecular flexibility index (Phi) is 9.38. The number of rotatable bonds is 8. The fourth-order valence-electron chi connectivity index (χ4n) is 7.91. The van der Waals surface area contributed by atoms with E-state index in [1.54, 1.807) is 18.6 Å². The summed E-state index contributed by atoms with van der Waals surface area (Å²) in [7, 11) is 0. The molecule has 10 heterocycles. The number of aromatic nitrogens is 12. The summed E-state index contributed by atoms with van der Waals surface area (Å²) in [4.78, 5) is 50.8. The molecule has 2 aliphatic rings. The van der Waals surface area contributed by atoms with Gasteiger partial charge in [0.15, 0.2) is 11.3 Å². The second-order valence-corrected chi connectivity index (χ2v) is 14.4. The normalized spacial score (nSPS) is 14.5. The molecule has 0 amide bonds. The zero-order valence-corrected chi connectivity index (χ0v) is 31.6. The van der Waals surface area contributed by atoms with Crippen molar-refractivity contribution in [3.63, 3.8) is 0 Å². The van der Waals surface area contributed by atoms with Gasteiger partial charge in [-0.1, -0.05) is 0 Å². The molecule has 0 aliphatic carbocycles. The number of anilines is 2. The van der Waals surface area contributed by atoms with Gasteiger partial charge in [0.05, 0.1) is 45.7 Å². The monoisotopic (exact) mass is 732 g/mol. The molecule has 14 heteroatoms. The van der Waals surface area contributed by atoms with Gasteiger partial charge >= 0.3 is 0 Å². The van der Waals surface area contributed by atoms with E-state index in [1.807, 2.05) is 69.8 Å². The summed E-state index contributed by atoms with van der Waals surface area (Å²) in [6, 6.07) is 7.80. The largest absolute Gasteiger partial charge is 0.356 e. The van der Waals surface area contributed by atoms with Crippen LogP contribution in [0.4, 0.5) is 11.6 Å². The molecule has 0 aromatic carbocycles. The van der Waals surface area contributed by atoms with Crippen molar-refractivity contribution in [2.45, 2.75) is 72.1 Å². The van der Waals surface area contributed by atoms with E-state index in [4.69, 9.17) is 15.0 Å². The van der Waals surface area contributed by atoms with Gasteiger partial charge in [0.25, 0.3) is 0 Å². The first-order valence-electron chi connectivity index (χ1n) is 19.3. The molecular formula is C41H44N14. The lowest BCUT2D eigenvalue weighted by atomic mass is 10.2. The SMILES string of the molecule is Cc1nc(CCc2nc3c(C)nccn3c2N2CCCC2)nc2cccnc12.Cc1nccn2c(N3CCCC3)c(CCc3ncc4ncccc4n3)nc12. The van der Waals surface area contributed by atoms with Crippen LogP contribution in [0.15, 0.2) is 67.6 Å². The van der Waals surface area contributed by atoms with Crippen LogP contribution < -0.4 is 9.80 Å². The number of fused-ring (bicyclic) bond motifs is 4. The Morgan fingerprint density at radius 3 is 1.65 bits per heavy atom. The standard InChI is InChI=1S/C21H23N7.C20H21N7/c1-14-19-16(6-5-9-23-19)25-18(24-14)8-7-17-21(27-11-3-4-12-27)28-13-10-22-15(2)20(28)26-17;1-14-19-25-16(20(26-10-2-3-11-26)27(19)12-9-21-14)6-7-18-23-13-17-15(24-18)5-4-8-22-17/h5-6,9-10,13H,3-4,7-8,11-12H2,1-2H3;4-5,8-9,12-13H,2-3,6-7,10-11H2,1H3. The second kappa shape index (κ2) is 14.9. The van der Waals surface area contributed by atoms with E-state index in [-0.39, 0.29) is 0 Å². The average molecular weight is 733 g/mol. The van der Waals surface area contributed by atoms with E-state index in [0.717, 1.165) is 125 Å². The van der Waals surface area contributed by atoms with Crippen LogP contribution in [0.3, 0.4) is 0 Å². The van der Waals surface area contributed by atoms with Gasteiger partial charge in [0.1, 0.15) is 34.3 Å². The minimum absolute atomic E-state index is 0.752. The highest BCUT2D eigenvalue weighted by Gasteiger charge is 2.24. The maximum atomic E-state index is 4.95. The van der Waals surface area contributed by atoms with Gasteiger partial charge in [-0.15, -0.1) is 0 Å². The van der Waals surface area contributed by atoms with Crippen LogP contribution in [0, 0.1) is 20.8 Å². The zero-order chi connectivity index (χ0) is 37.3. The van der Waals surface area contributed by atoms with E-state index in [0.29, 0.717) is 0 Å². The molecule has 0 spiro atoms. The lowest BCUT2D eigenvalue weighted by molar-refractivity contribution is 0.828. The molecule has 0 bridgehead atoms. The lowest BCUT2D eigenvalue weighted by Gasteiger charge is -2.18. The molecule has 2 aliphatic heterocycles. The topological polar surface area (TPSA) is 144 Å². The van der Waals surface area contributed by atoms with Crippen LogP contribution in [0.1, 0.15) is 65.8 Å². The van der Waals surface area contributed by atoms with Crippen molar-refractivity contribution >= 4 is 45.0 Å². The van der Waals surface area contributed by atoms with Crippen LogP contribution in [-0.4, -0.2) is 84.8 Å². The lowest BCUT2D eigenvalue weighted by Crippen LogP contribution is -2.21. The van der Waals surface area contributed by atoms with Crippen molar-refractivity contribution < 1.29 is 0 Å². The van der Waals surface area contributed by atoms with Crippen molar-refractivity contribution in [3.05, 3.63) is 108 Å². The van der Waals surface area contributed by atoms with E-state index in [9.17, 15) is 0 Å². The molecule has 10 rings (SSSR count). The summed E-state index contributed by atoms with van der Waals surface area (Å²) in [5, 5.41) is 0. The van der Waals surface area contributed by atoms with Gasteiger partial charge in [0.2, 0.25) is 0 Å². The quantitative estimate of drug-likeness (QED) is 0.185. The molecule has 0 saturated carbocycles. The average Bonchev–Trinajstić information content (AvgIpc) is 4.04. The van der Waals surface area contributed by atoms with E-state index in [1.165, 1.54) is 37.3 Å². The Hall–Kier alpha value is -6.18. The van der Waals surface area contributed by atoms with Crippen LogP contribution >= 0.6 is 0 Å². The van der Waals surface area contributed by atoms with Gasteiger partial charge in [-0.3, -0.25) is 28.7 Å². The van der Waals surface area contributed by atoms with Crippen molar-refractivity contribution in [1.29, 1.82) is 0 Å². The number of imidazole rings is 2. The molecule has 0 radical (unpaired) electrons. The first-order valence-corrected chi connectivity index (χ1v) is 19.3. The van der Waals surface area contributed by atoms with Crippen LogP contribution in [0.25, 0.3) is 33.4 Å². The molecular weight excluding hydrogens is 689 g/mol. The summed E-state index contributed by atoms with van der Waals surface area (Å²) in [5.41, 5.74) is 10.4. The highest BCUT2D eigenvalue weighted by molar-refractivity contribution is 5.76. The Bertz CT molecular complexity index is 2630. The molecule has 2 fully saturated rings. The third kappa shape index (κ3) is 6.88. The van der Waals surface area contributed by atoms with E-state index >= 15 is 0 Å². The molecule has 8 aromatic rings. The third-order valence-electron chi connectivity index (χ3n) is 10.6. The minimum atomic E-state index is 0.752. The number of hydrogen-bond acceptors (Lipinski definition) is 12. The minimum Gasteiger partial charge on any atom is -0.356 e. The molecule has 55 heavy (non-hydrogen) atoms.